The normalized spacial score (nSPS) is 21.6. The van der Waals surface area contributed by atoms with Gasteiger partial charge in [-0.2, -0.15) is 13.2 Å². The number of aliphatic hydroxyl groups is 1. The van der Waals surface area contributed by atoms with Gasteiger partial charge in [0.05, 0.1) is 6.04 Å². The lowest BCUT2D eigenvalue weighted by atomic mass is 9.80. The molecule has 7 heteroatoms. The van der Waals surface area contributed by atoms with Crippen molar-refractivity contribution < 1.29 is 27.8 Å². The fraction of sp³-hybridized carbons (Fsp3) is 0.611. The van der Waals surface area contributed by atoms with Crippen LogP contribution in [-0.2, 0) is 10.3 Å². The minimum absolute atomic E-state index is 0.0458. The quantitative estimate of drug-likeness (QED) is 0.860. The largest absolute Gasteiger partial charge is 0.444 e. The molecule has 25 heavy (non-hydrogen) atoms. The second kappa shape index (κ2) is 6.86. The van der Waals surface area contributed by atoms with Gasteiger partial charge >= 0.3 is 12.3 Å². The predicted octanol–water partition coefficient (Wildman–Crippen LogP) is 4.23. The molecule has 1 aliphatic heterocycles. The number of benzene rings is 1. The lowest BCUT2D eigenvalue weighted by molar-refractivity contribution is -0.289. The van der Waals surface area contributed by atoms with Crippen molar-refractivity contribution in [3.8, 4) is 0 Å². The summed E-state index contributed by atoms with van der Waals surface area (Å²) in [7, 11) is 0. The van der Waals surface area contributed by atoms with E-state index in [9.17, 15) is 23.1 Å². The van der Waals surface area contributed by atoms with E-state index >= 15 is 0 Å². The van der Waals surface area contributed by atoms with E-state index in [4.69, 9.17) is 4.74 Å². The number of halogens is 3. The van der Waals surface area contributed by atoms with Crippen molar-refractivity contribution >= 4 is 6.09 Å². The smallest absolute Gasteiger partial charge is 0.423 e. The van der Waals surface area contributed by atoms with E-state index in [1.165, 1.54) is 24.3 Å². The van der Waals surface area contributed by atoms with Crippen molar-refractivity contribution in [2.45, 2.75) is 63.5 Å². The summed E-state index contributed by atoms with van der Waals surface area (Å²) in [6.45, 7) is 5.07. The highest BCUT2D eigenvalue weighted by molar-refractivity contribution is 5.69. The summed E-state index contributed by atoms with van der Waals surface area (Å²) in [5.41, 5.74) is -4.25. The third-order valence-corrected chi connectivity index (χ3v) is 4.26. The number of amides is 1. The van der Waals surface area contributed by atoms with Crippen molar-refractivity contribution in [2.24, 2.45) is 0 Å². The van der Waals surface area contributed by atoms with E-state index < -0.39 is 29.5 Å². The van der Waals surface area contributed by atoms with Crippen molar-refractivity contribution in [2.75, 3.05) is 6.54 Å². The number of carbonyl (C=O) groups is 1. The predicted molar refractivity (Wildman–Crippen MR) is 87.0 cm³/mol. The monoisotopic (exact) mass is 359 g/mol. The first-order valence-corrected chi connectivity index (χ1v) is 8.31. The van der Waals surface area contributed by atoms with Gasteiger partial charge in [0, 0.05) is 6.54 Å². The van der Waals surface area contributed by atoms with Gasteiger partial charge in [-0.1, -0.05) is 30.3 Å². The summed E-state index contributed by atoms with van der Waals surface area (Å²) in [5.74, 6) is 0. The molecule has 2 rings (SSSR count). The van der Waals surface area contributed by atoms with Crippen LogP contribution < -0.4 is 0 Å². The zero-order chi connectivity index (χ0) is 18.9. The van der Waals surface area contributed by atoms with Gasteiger partial charge in [0.15, 0.2) is 0 Å². The van der Waals surface area contributed by atoms with Gasteiger partial charge in [-0.05, 0) is 45.6 Å². The van der Waals surface area contributed by atoms with Crippen LogP contribution in [0.15, 0.2) is 30.3 Å². The highest BCUT2D eigenvalue weighted by Crippen LogP contribution is 2.46. The average Bonchev–Trinajstić information content (AvgIpc) is 2.52. The molecule has 2 atom stereocenters. The maximum atomic E-state index is 13.9. The minimum atomic E-state index is -4.93. The number of ether oxygens (including phenoxy) is 1. The number of carbonyl (C=O) groups excluding carboxylic acids is 1. The van der Waals surface area contributed by atoms with Crippen LogP contribution in [0, 0.1) is 0 Å². The van der Waals surface area contributed by atoms with E-state index in [1.807, 2.05) is 0 Å². The van der Waals surface area contributed by atoms with E-state index in [-0.39, 0.29) is 18.5 Å². The van der Waals surface area contributed by atoms with E-state index in [1.54, 1.807) is 26.8 Å². The van der Waals surface area contributed by atoms with Gasteiger partial charge in [0.25, 0.3) is 0 Å². The van der Waals surface area contributed by atoms with Gasteiger partial charge in [0.1, 0.15) is 5.60 Å². The molecule has 1 heterocycles. The van der Waals surface area contributed by atoms with Crippen LogP contribution in [0.1, 0.15) is 45.6 Å². The number of rotatable bonds is 2. The first kappa shape index (κ1) is 19.6. The lowest BCUT2D eigenvalue weighted by Gasteiger charge is -2.46. The Bertz CT molecular complexity index is 598. The summed E-state index contributed by atoms with van der Waals surface area (Å²) in [6.07, 6.45) is -4.66. The van der Waals surface area contributed by atoms with Crippen LogP contribution in [0.4, 0.5) is 18.0 Å². The van der Waals surface area contributed by atoms with Crippen LogP contribution in [0.2, 0.25) is 0 Å². The first-order valence-electron chi connectivity index (χ1n) is 8.31. The molecule has 1 fully saturated rings. The molecular weight excluding hydrogens is 335 g/mol. The lowest BCUT2D eigenvalue weighted by Crippen LogP contribution is -2.61. The number of hydrogen-bond donors (Lipinski definition) is 1. The zero-order valence-corrected chi connectivity index (χ0v) is 14.6. The summed E-state index contributed by atoms with van der Waals surface area (Å²) in [5, 5.41) is 10.8. The second-order valence-electron chi connectivity index (χ2n) is 7.32. The minimum Gasteiger partial charge on any atom is -0.444 e. The Labute approximate surface area is 145 Å². The van der Waals surface area contributed by atoms with Gasteiger partial charge in [-0.3, -0.25) is 0 Å². The summed E-state index contributed by atoms with van der Waals surface area (Å²) in [4.78, 5) is 13.5. The van der Waals surface area contributed by atoms with E-state index in [0.717, 1.165) is 4.90 Å². The number of alkyl halides is 3. The fourth-order valence-electron chi connectivity index (χ4n) is 3.14. The van der Waals surface area contributed by atoms with Crippen LogP contribution in [0.3, 0.4) is 0 Å². The molecule has 0 unspecified atom stereocenters. The molecule has 1 N–H and O–H groups in total. The summed E-state index contributed by atoms with van der Waals surface area (Å²) >= 11 is 0. The number of piperidine rings is 1. The maximum absolute atomic E-state index is 13.9. The maximum Gasteiger partial charge on any atom is 0.423 e. The molecule has 1 aliphatic rings. The fourth-order valence-corrected chi connectivity index (χ4v) is 3.14. The van der Waals surface area contributed by atoms with Gasteiger partial charge in [-0.25, -0.2) is 4.79 Å². The standard InChI is InChI=1S/C18H24F3NO3/c1-16(2,3)25-15(23)22-12-8-7-11-14(22)17(24,18(19,20)21)13-9-5-4-6-10-13/h4-6,9-10,14,24H,7-8,11-12H2,1-3H3/t14-,17-/m1/s1. The SMILES string of the molecule is CC(C)(C)OC(=O)N1CCCC[C@@H]1[C@](O)(c1ccccc1)C(F)(F)F. The van der Waals surface area contributed by atoms with Crippen LogP contribution in [0.5, 0.6) is 0 Å². The molecule has 4 nitrogen and oxygen atoms in total. The summed E-state index contributed by atoms with van der Waals surface area (Å²) < 4.78 is 47.0. The third-order valence-electron chi connectivity index (χ3n) is 4.26. The second-order valence-corrected chi connectivity index (χ2v) is 7.32. The van der Waals surface area contributed by atoms with Crippen molar-refractivity contribution in [1.29, 1.82) is 0 Å². The number of likely N-dealkylation sites (tertiary alicyclic amines) is 1. The topological polar surface area (TPSA) is 49.8 Å². The van der Waals surface area contributed by atoms with Crippen molar-refractivity contribution in [3.05, 3.63) is 35.9 Å². The van der Waals surface area contributed by atoms with E-state index in [0.29, 0.717) is 12.8 Å². The van der Waals surface area contributed by atoms with Gasteiger partial charge < -0.3 is 14.7 Å². The van der Waals surface area contributed by atoms with Crippen LogP contribution >= 0.6 is 0 Å². The van der Waals surface area contributed by atoms with Gasteiger partial charge in [-0.15, -0.1) is 0 Å². The Hall–Kier alpha value is -1.76. The zero-order valence-electron chi connectivity index (χ0n) is 14.6. The van der Waals surface area contributed by atoms with E-state index in [2.05, 4.69) is 0 Å². The Morgan fingerprint density at radius 2 is 1.76 bits per heavy atom. The van der Waals surface area contributed by atoms with Crippen molar-refractivity contribution in [3.63, 3.8) is 0 Å². The third kappa shape index (κ3) is 4.08. The van der Waals surface area contributed by atoms with Gasteiger partial charge in [0.2, 0.25) is 5.60 Å². The Kier molecular flexibility index (Phi) is 5.37. The highest BCUT2D eigenvalue weighted by Gasteiger charge is 2.62. The molecule has 0 bridgehead atoms. The molecule has 0 radical (unpaired) electrons. The molecule has 1 amide bonds. The molecular formula is C18H24F3NO3. The molecule has 1 aromatic carbocycles. The molecule has 0 aliphatic carbocycles. The summed E-state index contributed by atoms with van der Waals surface area (Å²) in [6, 6.07) is 5.48. The van der Waals surface area contributed by atoms with Crippen molar-refractivity contribution in [1.82, 2.24) is 4.90 Å². The molecule has 1 aromatic rings. The Morgan fingerprint density at radius 3 is 2.28 bits per heavy atom. The molecule has 1 saturated heterocycles. The highest BCUT2D eigenvalue weighted by atomic mass is 19.4. The number of hydrogen-bond acceptors (Lipinski definition) is 3. The molecule has 0 aromatic heterocycles. The number of nitrogens with zero attached hydrogens (tertiary/aromatic N) is 1. The van der Waals surface area contributed by atoms with Crippen LogP contribution in [-0.4, -0.2) is 40.5 Å². The first-order chi connectivity index (χ1) is 11.5. The van der Waals surface area contributed by atoms with Crippen LogP contribution in [0.25, 0.3) is 0 Å². The Morgan fingerprint density at radius 1 is 1.16 bits per heavy atom. The average molecular weight is 359 g/mol. The molecule has 0 saturated carbocycles. The molecule has 140 valence electrons. The Balaban J connectivity index is 2.45. The molecule has 0 spiro atoms.